The molecule has 0 aliphatic rings. The number of rotatable bonds is 6. The Hall–Kier alpha value is -0.930. The first-order valence-corrected chi connectivity index (χ1v) is 5.35. The van der Waals surface area contributed by atoms with Gasteiger partial charge in [-0.2, -0.15) is 0 Å². The highest BCUT2D eigenvalue weighted by molar-refractivity contribution is 5.18. The highest BCUT2D eigenvalue weighted by Gasteiger charge is 2.10. The van der Waals surface area contributed by atoms with Crippen LogP contribution in [0.4, 0.5) is 4.39 Å². The van der Waals surface area contributed by atoms with Crippen LogP contribution in [0.3, 0.4) is 0 Å². The third kappa shape index (κ3) is 3.98. The summed E-state index contributed by atoms with van der Waals surface area (Å²) in [5, 5.41) is 0. The van der Waals surface area contributed by atoms with Crippen molar-refractivity contribution in [2.45, 2.75) is 25.9 Å². The average Bonchev–Trinajstić information content (AvgIpc) is 2.25. The van der Waals surface area contributed by atoms with Gasteiger partial charge in [0.2, 0.25) is 0 Å². The summed E-state index contributed by atoms with van der Waals surface area (Å²) in [6, 6.07) is 6.46. The molecule has 1 aromatic carbocycles. The minimum atomic E-state index is -0.215. The smallest absolute Gasteiger partial charge is 0.123 e. The molecule has 0 aliphatic heterocycles. The molecule has 1 rings (SSSR count). The number of halogens is 1. The van der Waals surface area contributed by atoms with Crippen LogP contribution in [-0.2, 0) is 4.74 Å². The van der Waals surface area contributed by atoms with Crippen molar-refractivity contribution in [3.8, 4) is 0 Å². The van der Waals surface area contributed by atoms with Crippen LogP contribution in [0.5, 0.6) is 0 Å². The van der Waals surface area contributed by atoms with Gasteiger partial charge in [-0.05, 0) is 44.0 Å². The number of nitrogens with two attached hydrogens (primary N) is 1. The Morgan fingerprint density at radius 1 is 1.33 bits per heavy atom. The van der Waals surface area contributed by atoms with E-state index in [1.165, 1.54) is 12.1 Å². The molecule has 1 atom stereocenters. The van der Waals surface area contributed by atoms with E-state index in [1.807, 2.05) is 6.92 Å². The fourth-order valence-corrected chi connectivity index (χ4v) is 1.53. The summed E-state index contributed by atoms with van der Waals surface area (Å²) in [5.41, 5.74) is 6.48. The van der Waals surface area contributed by atoms with E-state index in [0.717, 1.165) is 18.4 Å². The first kappa shape index (κ1) is 12.1. The molecule has 2 N–H and O–H groups in total. The van der Waals surface area contributed by atoms with Crippen molar-refractivity contribution < 1.29 is 9.13 Å². The molecule has 0 fully saturated rings. The largest absolute Gasteiger partial charge is 0.374 e. The van der Waals surface area contributed by atoms with Crippen LogP contribution in [0.25, 0.3) is 0 Å². The summed E-state index contributed by atoms with van der Waals surface area (Å²) in [6.45, 7) is 3.27. The number of hydrogen-bond donors (Lipinski definition) is 1. The van der Waals surface area contributed by atoms with Crippen molar-refractivity contribution in [3.63, 3.8) is 0 Å². The van der Waals surface area contributed by atoms with E-state index in [-0.39, 0.29) is 11.9 Å². The van der Waals surface area contributed by atoms with Crippen LogP contribution < -0.4 is 5.73 Å². The van der Waals surface area contributed by atoms with E-state index < -0.39 is 0 Å². The summed E-state index contributed by atoms with van der Waals surface area (Å²) in [5.74, 6) is -0.215. The topological polar surface area (TPSA) is 35.2 Å². The highest BCUT2D eigenvalue weighted by Crippen LogP contribution is 2.22. The van der Waals surface area contributed by atoms with Crippen molar-refractivity contribution in [3.05, 3.63) is 35.6 Å². The van der Waals surface area contributed by atoms with Crippen molar-refractivity contribution in [1.29, 1.82) is 0 Å². The Balaban J connectivity index is 2.65. The molecule has 1 aromatic rings. The molecule has 0 saturated carbocycles. The van der Waals surface area contributed by atoms with Crippen LogP contribution >= 0.6 is 0 Å². The average molecular weight is 211 g/mol. The molecule has 1 unspecified atom stereocenters. The van der Waals surface area contributed by atoms with E-state index in [4.69, 9.17) is 10.5 Å². The number of ether oxygens (including phenoxy) is 1. The molecule has 2 nitrogen and oxygen atoms in total. The summed E-state index contributed by atoms with van der Waals surface area (Å²) in [7, 11) is 0. The summed E-state index contributed by atoms with van der Waals surface area (Å²) >= 11 is 0. The fourth-order valence-electron chi connectivity index (χ4n) is 1.53. The first-order chi connectivity index (χ1) is 7.27. The Morgan fingerprint density at radius 3 is 2.53 bits per heavy atom. The van der Waals surface area contributed by atoms with E-state index in [9.17, 15) is 4.39 Å². The highest BCUT2D eigenvalue weighted by atomic mass is 19.1. The minimum Gasteiger partial charge on any atom is -0.374 e. The second-order valence-corrected chi connectivity index (χ2v) is 3.43. The third-order valence-electron chi connectivity index (χ3n) is 2.28. The quantitative estimate of drug-likeness (QED) is 0.785. The predicted octanol–water partition coefficient (Wildman–Crippen LogP) is 2.64. The molecule has 84 valence electrons. The SMILES string of the molecule is CCOC(CCCN)c1ccc(F)cc1. The zero-order valence-corrected chi connectivity index (χ0v) is 9.08. The van der Waals surface area contributed by atoms with Gasteiger partial charge in [-0.1, -0.05) is 12.1 Å². The molecule has 0 amide bonds. The Kier molecular flexibility index (Phi) is 5.29. The molecular weight excluding hydrogens is 193 g/mol. The Labute approximate surface area is 90.2 Å². The summed E-state index contributed by atoms with van der Waals surface area (Å²) in [4.78, 5) is 0. The lowest BCUT2D eigenvalue weighted by Gasteiger charge is -2.16. The molecule has 0 radical (unpaired) electrons. The Bertz CT molecular complexity index is 273. The lowest BCUT2D eigenvalue weighted by molar-refractivity contribution is 0.0551. The third-order valence-corrected chi connectivity index (χ3v) is 2.28. The van der Waals surface area contributed by atoms with Crippen LogP contribution in [0, 0.1) is 5.82 Å². The fraction of sp³-hybridized carbons (Fsp3) is 0.500. The number of hydrogen-bond acceptors (Lipinski definition) is 2. The van der Waals surface area contributed by atoms with Crippen LogP contribution in [0.2, 0.25) is 0 Å². The zero-order valence-electron chi connectivity index (χ0n) is 9.08. The first-order valence-electron chi connectivity index (χ1n) is 5.35. The summed E-state index contributed by atoms with van der Waals surface area (Å²) < 4.78 is 18.3. The maximum Gasteiger partial charge on any atom is 0.123 e. The normalized spacial score (nSPS) is 12.7. The maximum absolute atomic E-state index is 12.7. The van der Waals surface area contributed by atoms with Crippen LogP contribution in [0.15, 0.2) is 24.3 Å². The summed E-state index contributed by atoms with van der Waals surface area (Å²) in [6.07, 6.45) is 1.84. The molecular formula is C12H18FNO. The monoisotopic (exact) mass is 211 g/mol. The van der Waals surface area contributed by atoms with E-state index >= 15 is 0 Å². The molecule has 0 saturated heterocycles. The van der Waals surface area contributed by atoms with Gasteiger partial charge in [0.15, 0.2) is 0 Å². The van der Waals surface area contributed by atoms with Gasteiger partial charge >= 0.3 is 0 Å². The second-order valence-electron chi connectivity index (χ2n) is 3.43. The van der Waals surface area contributed by atoms with Gasteiger partial charge in [0.25, 0.3) is 0 Å². The van der Waals surface area contributed by atoms with Crippen molar-refractivity contribution in [2.75, 3.05) is 13.2 Å². The van der Waals surface area contributed by atoms with Gasteiger partial charge in [0.05, 0.1) is 6.10 Å². The van der Waals surface area contributed by atoms with Crippen LogP contribution in [-0.4, -0.2) is 13.2 Å². The predicted molar refractivity (Wildman–Crippen MR) is 59.1 cm³/mol. The van der Waals surface area contributed by atoms with Gasteiger partial charge < -0.3 is 10.5 Å². The molecule has 0 spiro atoms. The van der Waals surface area contributed by atoms with Crippen molar-refractivity contribution >= 4 is 0 Å². The lowest BCUT2D eigenvalue weighted by Crippen LogP contribution is -2.08. The van der Waals surface area contributed by atoms with E-state index in [1.54, 1.807) is 12.1 Å². The van der Waals surface area contributed by atoms with Crippen LogP contribution in [0.1, 0.15) is 31.4 Å². The maximum atomic E-state index is 12.7. The van der Waals surface area contributed by atoms with E-state index in [0.29, 0.717) is 13.2 Å². The van der Waals surface area contributed by atoms with Gasteiger partial charge in [-0.25, -0.2) is 4.39 Å². The molecule has 15 heavy (non-hydrogen) atoms. The lowest BCUT2D eigenvalue weighted by atomic mass is 10.0. The van der Waals surface area contributed by atoms with E-state index in [2.05, 4.69) is 0 Å². The molecule has 0 heterocycles. The van der Waals surface area contributed by atoms with Gasteiger partial charge in [0.1, 0.15) is 5.82 Å². The van der Waals surface area contributed by atoms with Gasteiger partial charge in [-0.3, -0.25) is 0 Å². The number of benzene rings is 1. The Morgan fingerprint density at radius 2 is 2.00 bits per heavy atom. The van der Waals surface area contributed by atoms with Gasteiger partial charge in [0, 0.05) is 6.61 Å². The molecule has 0 aliphatic carbocycles. The minimum absolute atomic E-state index is 0.0409. The second kappa shape index (κ2) is 6.53. The van der Waals surface area contributed by atoms with Crippen molar-refractivity contribution in [2.24, 2.45) is 5.73 Å². The van der Waals surface area contributed by atoms with Crippen molar-refractivity contribution in [1.82, 2.24) is 0 Å². The zero-order chi connectivity index (χ0) is 11.1. The molecule has 3 heteroatoms. The molecule has 0 bridgehead atoms. The van der Waals surface area contributed by atoms with Gasteiger partial charge in [-0.15, -0.1) is 0 Å². The standard InChI is InChI=1S/C12H18FNO/c1-2-15-12(4-3-9-14)10-5-7-11(13)8-6-10/h5-8,12H,2-4,9,14H2,1H3. The molecule has 0 aromatic heterocycles.